The van der Waals surface area contributed by atoms with E-state index in [1.165, 1.54) is 24.3 Å². The van der Waals surface area contributed by atoms with Crippen LogP contribution in [-0.2, 0) is 14.3 Å². The summed E-state index contributed by atoms with van der Waals surface area (Å²) in [7, 11) is 0. The van der Waals surface area contributed by atoms with Gasteiger partial charge in [0.25, 0.3) is 0 Å². The van der Waals surface area contributed by atoms with Crippen LogP contribution in [0.5, 0.6) is 0 Å². The zero-order valence-electron chi connectivity index (χ0n) is 11.2. The topological polar surface area (TPSA) is 75.6 Å². The minimum atomic E-state index is -4.53. The molecule has 0 bridgehead atoms. The van der Waals surface area contributed by atoms with Gasteiger partial charge in [0.05, 0.1) is 12.5 Å². The van der Waals surface area contributed by atoms with E-state index in [2.05, 4.69) is 10.1 Å². The molecule has 0 saturated heterocycles. The number of alkyl halides is 3. The van der Waals surface area contributed by atoms with Crippen molar-refractivity contribution in [2.24, 2.45) is 0 Å². The van der Waals surface area contributed by atoms with Crippen LogP contribution in [0.1, 0.15) is 18.0 Å². The van der Waals surface area contributed by atoms with Gasteiger partial charge in [-0.05, 0) is 17.7 Å². The summed E-state index contributed by atoms with van der Waals surface area (Å²) in [4.78, 5) is 22.4. The highest BCUT2D eigenvalue weighted by molar-refractivity contribution is 6.30. The highest BCUT2D eigenvalue weighted by atomic mass is 35.5. The number of aliphatic carboxylic acids is 1. The zero-order chi connectivity index (χ0) is 16.8. The molecule has 1 aromatic rings. The Morgan fingerprint density at radius 3 is 2.36 bits per heavy atom. The van der Waals surface area contributed by atoms with Crippen LogP contribution < -0.4 is 5.32 Å². The summed E-state index contributed by atoms with van der Waals surface area (Å²) in [5, 5.41) is 11.6. The van der Waals surface area contributed by atoms with Gasteiger partial charge in [-0.2, -0.15) is 13.2 Å². The maximum Gasteiger partial charge on any atom is 0.411 e. The quantitative estimate of drug-likeness (QED) is 0.800. The average molecular weight is 340 g/mol. The van der Waals surface area contributed by atoms with E-state index < -0.39 is 43.7 Å². The van der Waals surface area contributed by atoms with Gasteiger partial charge in [-0.3, -0.25) is 9.59 Å². The van der Waals surface area contributed by atoms with Crippen LogP contribution in [0.2, 0.25) is 5.02 Å². The molecule has 1 amide bonds. The highest BCUT2D eigenvalue weighted by Gasteiger charge is 2.28. The van der Waals surface area contributed by atoms with E-state index in [9.17, 15) is 22.8 Å². The number of ether oxygens (including phenoxy) is 1. The Balaban J connectivity index is 2.63. The average Bonchev–Trinajstić information content (AvgIpc) is 2.36. The van der Waals surface area contributed by atoms with Crippen LogP contribution in [0.3, 0.4) is 0 Å². The summed E-state index contributed by atoms with van der Waals surface area (Å²) in [5.41, 5.74) is 0.468. The van der Waals surface area contributed by atoms with Crippen LogP contribution in [0, 0.1) is 0 Å². The molecule has 0 spiro atoms. The third-order valence-corrected chi connectivity index (χ3v) is 2.74. The van der Waals surface area contributed by atoms with Gasteiger partial charge in [0.2, 0.25) is 5.91 Å². The first-order chi connectivity index (χ1) is 10.2. The fraction of sp³-hybridized carbons (Fsp3) is 0.385. The smallest absolute Gasteiger partial charge is 0.411 e. The molecular formula is C13H13ClF3NO4. The summed E-state index contributed by atoms with van der Waals surface area (Å²) in [6.07, 6.45) is -4.95. The zero-order valence-corrected chi connectivity index (χ0v) is 11.9. The molecule has 2 N–H and O–H groups in total. The molecule has 0 aliphatic rings. The summed E-state index contributed by atoms with van der Waals surface area (Å²) < 4.78 is 39.9. The van der Waals surface area contributed by atoms with Crippen molar-refractivity contribution < 1.29 is 32.6 Å². The van der Waals surface area contributed by atoms with Gasteiger partial charge in [0.1, 0.15) is 13.2 Å². The van der Waals surface area contributed by atoms with E-state index in [4.69, 9.17) is 16.7 Å². The van der Waals surface area contributed by atoms with E-state index in [0.29, 0.717) is 10.6 Å². The number of carbonyl (C=O) groups is 2. The molecule has 1 rings (SSSR count). The molecular weight excluding hydrogens is 327 g/mol. The minimum absolute atomic E-state index is 0.424. The SMILES string of the molecule is O=C(O)C[C@H](NC(=O)COCC(F)(F)F)c1ccc(Cl)cc1. The number of hydrogen-bond donors (Lipinski definition) is 2. The van der Waals surface area contributed by atoms with Crippen molar-refractivity contribution in [1.29, 1.82) is 0 Å². The van der Waals surface area contributed by atoms with Gasteiger partial charge in [-0.25, -0.2) is 0 Å². The molecule has 0 saturated carbocycles. The number of carboxylic acid groups (broad SMARTS) is 1. The Kier molecular flexibility index (Phi) is 6.63. The predicted octanol–water partition coefficient (Wildman–Crippen LogP) is 2.55. The number of amides is 1. The molecule has 9 heteroatoms. The Bertz CT molecular complexity index is 519. The van der Waals surface area contributed by atoms with Gasteiger partial charge in [0.15, 0.2) is 0 Å². The standard InChI is InChI=1S/C13H13ClF3NO4/c14-9-3-1-8(2-4-9)10(5-12(20)21)18-11(19)6-22-7-13(15,16)17/h1-4,10H,5-7H2,(H,18,19)(H,20,21)/t10-/m0/s1. The maximum absolute atomic E-state index is 11.9. The van der Waals surface area contributed by atoms with Crippen molar-refractivity contribution in [3.05, 3.63) is 34.9 Å². The molecule has 0 unspecified atom stereocenters. The van der Waals surface area contributed by atoms with Crippen molar-refractivity contribution in [1.82, 2.24) is 5.32 Å². The molecule has 22 heavy (non-hydrogen) atoms. The molecule has 1 atom stereocenters. The third-order valence-electron chi connectivity index (χ3n) is 2.49. The second-order valence-electron chi connectivity index (χ2n) is 4.38. The highest BCUT2D eigenvalue weighted by Crippen LogP contribution is 2.19. The molecule has 122 valence electrons. The maximum atomic E-state index is 11.9. The number of benzene rings is 1. The van der Waals surface area contributed by atoms with E-state index in [-0.39, 0.29) is 0 Å². The van der Waals surface area contributed by atoms with Crippen molar-refractivity contribution in [2.45, 2.75) is 18.6 Å². The number of carboxylic acids is 1. The molecule has 1 aromatic carbocycles. The molecule has 5 nitrogen and oxygen atoms in total. The van der Waals surface area contributed by atoms with Crippen LogP contribution in [0.15, 0.2) is 24.3 Å². The second kappa shape index (κ2) is 8.00. The molecule has 0 aliphatic carbocycles. The first kappa shape index (κ1) is 18.2. The Morgan fingerprint density at radius 2 is 1.86 bits per heavy atom. The van der Waals surface area contributed by atoms with E-state index in [1.807, 2.05) is 0 Å². The van der Waals surface area contributed by atoms with E-state index in [0.717, 1.165) is 0 Å². The van der Waals surface area contributed by atoms with Crippen LogP contribution >= 0.6 is 11.6 Å². The Morgan fingerprint density at radius 1 is 1.27 bits per heavy atom. The lowest BCUT2D eigenvalue weighted by Crippen LogP contribution is -2.34. The Labute approximate surface area is 129 Å². The van der Waals surface area contributed by atoms with Crippen LogP contribution in [0.4, 0.5) is 13.2 Å². The predicted molar refractivity (Wildman–Crippen MR) is 71.5 cm³/mol. The lowest BCUT2D eigenvalue weighted by molar-refractivity contribution is -0.175. The summed E-state index contributed by atoms with van der Waals surface area (Å²) in [5.74, 6) is -2.01. The molecule has 0 aromatic heterocycles. The largest absolute Gasteiger partial charge is 0.481 e. The summed E-state index contributed by atoms with van der Waals surface area (Å²) >= 11 is 5.71. The second-order valence-corrected chi connectivity index (χ2v) is 4.81. The van der Waals surface area contributed by atoms with Crippen molar-refractivity contribution >= 4 is 23.5 Å². The van der Waals surface area contributed by atoms with E-state index >= 15 is 0 Å². The van der Waals surface area contributed by atoms with Gasteiger partial charge in [0, 0.05) is 5.02 Å². The Hall–Kier alpha value is -1.80. The van der Waals surface area contributed by atoms with Crippen LogP contribution in [0.25, 0.3) is 0 Å². The number of carbonyl (C=O) groups excluding carboxylic acids is 1. The van der Waals surface area contributed by atoms with Crippen molar-refractivity contribution in [2.75, 3.05) is 13.2 Å². The number of hydrogen-bond acceptors (Lipinski definition) is 3. The lowest BCUT2D eigenvalue weighted by atomic mass is 10.0. The fourth-order valence-corrected chi connectivity index (χ4v) is 1.74. The van der Waals surface area contributed by atoms with E-state index in [1.54, 1.807) is 0 Å². The number of halogens is 4. The molecule has 0 fully saturated rings. The number of rotatable bonds is 7. The summed E-state index contributed by atoms with van der Waals surface area (Å²) in [6, 6.07) is 5.17. The minimum Gasteiger partial charge on any atom is -0.481 e. The van der Waals surface area contributed by atoms with Gasteiger partial charge >= 0.3 is 12.1 Å². The van der Waals surface area contributed by atoms with Gasteiger partial charge in [-0.1, -0.05) is 23.7 Å². The third kappa shape index (κ3) is 7.28. The molecule has 0 radical (unpaired) electrons. The van der Waals surface area contributed by atoms with Crippen molar-refractivity contribution in [3.63, 3.8) is 0 Å². The van der Waals surface area contributed by atoms with Crippen LogP contribution in [-0.4, -0.2) is 36.4 Å². The van der Waals surface area contributed by atoms with Gasteiger partial charge in [-0.15, -0.1) is 0 Å². The molecule has 0 aliphatic heterocycles. The summed E-state index contributed by atoms with van der Waals surface area (Å²) in [6.45, 7) is -2.37. The first-order valence-electron chi connectivity index (χ1n) is 6.08. The lowest BCUT2D eigenvalue weighted by Gasteiger charge is -2.17. The first-order valence-corrected chi connectivity index (χ1v) is 6.46. The van der Waals surface area contributed by atoms with Crippen molar-refractivity contribution in [3.8, 4) is 0 Å². The monoisotopic (exact) mass is 339 g/mol. The van der Waals surface area contributed by atoms with Gasteiger partial charge < -0.3 is 15.2 Å². The number of nitrogens with one attached hydrogen (secondary N) is 1. The fourth-order valence-electron chi connectivity index (χ4n) is 1.62. The molecule has 0 heterocycles. The normalized spacial score (nSPS) is 12.7.